The summed E-state index contributed by atoms with van der Waals surface area (Å²) in [5.74, 6) is 1.53. The maximum Gasteiger partial charge on any atom is 0.291 e. The molecule has 0 spiro atoms. The highest BCUT2D eigenvalue weighted by Gasteiger charge is 2.19. The van der Waals surface area contributed by atoms with Gasteiger partial charge < -0.3 is 5.32 Å². The van der Waals surface area contributed by atoms with Gasteiger partial charge in [-0.15, -0.1) is 5.10 Å². The smallest absolute Gasteiger partial charge is 0.291 e. The van der Waals surface area contributed by atoms with E-state index in [9.17, 15) is 4.79 Å². The summed E-state index contributed by atoms with van der Waals surface area (Å²) >= 11 is 0. The number of aromatic nitrogens is 3. The van der Waals surface area contributed by atoms with E-state index in [0.29, 0.717) is 5.92 Å². The highest BCUT2D eigenvalue weighted by molar-refractivity contribution is 5.90. The summed E-state index contributed by atoms with van der Waals surface area (Å²) in [5, 5.41) is 9.71. The summed E-state index contributed by atoms with van der Waals surface area (Å²) in [5.41, 5.74) is 0. The Labute approximate surface area is 109 Å². The largest absolute Gasteiger partial charge is 0.347 e. The van der Waals surface area contributed by atoms with Crippen molar-refractivity contribution < 1.29 is 4.79 Å². The Morgan fingerprint density at radius 3 is 2.33 bits per heavy atom. The Balaban J connectivity index is 2.64. The van der Waals surface area contributed by atoms with Gasteiger partial charge in [0, 0.05) is 12.0 Å². The maximum atomic E-state index is 12.0. The van der Waals surface area contributed by atoms with Crippen LogP contribution in [-0.4, -0.2) is 27.1 Å². The van der Waals surface area contributed by atoms with Crippen molar-refractivity contribution in [1.29, 1.82) is 0 Å². The monoisotopic (exact) mass is 252 g/mol. The minimum atomic E-state index is -0.197. The molecule has 0 aliphatic rings. The molecule has 18 heavy (non-hydrogen) atoms. The quantitative estimate of drug-likeness (QED) is 0.817. The molecule has 1 aromatic rings. The predicted molar refractivity (Wildman–Crippen MR) is 71.5 cm³/mol. The number of amides is 1. The zero-order chi connectivity index (χ0) is 13.7. The molecule has 0 saturated carbocycles. The summed E-state index contributed by atoms with van der Waals surface area (Å²) in [7, 11) is 0. The van der Waals surface area contributed by atoms with Crippen LogP contribution in [0.4, 0.5) is 0 Å². The van der Waals surface area contributed by atoms with Crippen LogP contribution in [0.25, 0.3) is 0 Å². The SMILES string of the molecule is CCC(CC)C(C)NC(=O)c1n[nH]c(C(C)C)n1. The third-order valence-corrected chi connectivity index (χ3v) is 3.37. The van der Waals surface area contributed by atoms with Gasteiger partial charge in [-0.05, 0) is 12.8 Å². The fourth-order valence-electron chi connectivity index (χ4n) is 2.02. The van der Waals surface area contributed by atoms with Crippen LogP contribution in [0, 0.1) is 5.92 Å². The third kappa shape index (κ3) is 3.55. The van der Waals surface area contributed by atoms with Crippen molar-refractivity contribution in [2.75, 3.05) is 0 Å². The number of aromatic amines is 1. The Morgan fingerprint density at radius 1 is 1.28 bits per heavy atom. The predicted octanol–water partition coefficient (Wildman–Crippen LogP) is 2.48. The summed E-state index contributed by atoms with van der Waals surface area (Å²) in [6.07, 6.45) is 2.12. The Morgan fingerprint density at radius 2 is 1.89 bits per heavy atom. The fraction of sp³-hybridized carbons (Fsp3) is 0.769. The first-order valence-electron chi connectivity index (χ1n) is 6.72. The standard InChI is InChI=1S/C13H24N4O/c1-6-10(7-2)9(5)14-13(18)12-15-11(8(3)4)16-17-12/h8-10H,6-7H2,1-5H3,(H,14,18)(H,15,16,17). The molecule has 0 aromatic carbocycles. The maximum absolute atomic E-state index is 12.0. The molecule has 1 rings (SSSR count). The van der Waals surface area contributed by atoms with Gasteiger partial charge in [0.15, 0.2) is 0 Å². The van der Waals surface area contributed by atoms with Gasteiger partial charge in [-0.2, -0.15) is 0 Å². The van der Waals surface area contributed by atoms with Gasteiger partial charge >= 0.3 is 0 Å². The average Bonchev–Trinajstić information content (AvgIpc) is 2.79. The van der Waals surface area contributed by atoms with Crippen molar-refractivity contribution in [3.63, 3.8) is 0 Å². The van der Waals surface area contributed by atoms with Crippen molar-refractivity contribution in [3.8, 4) is 0 Å². The fourth-order valence-corrected chi connectivity index (χ4v) is 2.02. The number of nitrogens with one attached hydrogen (secondary N) is 2. The van der Waals surface area contributed by atoms with Gasteiger partial charge in [-0.25, -0.2) is 4.98 Å². The van der Waals surface area contributed by atoms with Crippen molar-refractivity contribution in [2.45, 2.75) is 59.4 Å². The molecule has 1 amide bonds. The van der Waals surface area contributed by atoms with Crippen molar-refractivity contribution in [1.82, 2.24) is 20.5 Å². The number of nitrogens with zero attached hydrogens (tertiary/aromatic N) is 2. The lowest BCUT2D eigenvalue weighted by molar-refractivity contribution is 0.0915. The Bertz CT molecular complexity index is 382. The number of rotatable bonds is 6. The highest BCUT2D eigenvalue weighted by Crippen LogP contribution is 2.13. The van der Waals surface area contributed by atoms with Crippen LogP contribution in [0.5, 0.6) is 0 Å². The zero-order valence-corrected chi connectivity index (χ0v) is 11.9. The summed E-state index contributed by atoms with van der Waals surface area (Å²) < 4.78 is 0. The highest BCUT2D eigenvalue weighted by atomic mass is 16.2. The molecular formula is C13H24N4O. The minimum absolute atomic E-state index is 0.147. The normalized spacial score (nSPS) is 13.1. The molecule has 5 nitrogen and oxygen atoms in total. The van der Waals surface area contributed by atoms with Gasteiger partial charge in [-0.1, -0.05) is 40.5 Å². The van der Waals surface area contributed by atoms with E-state index in [4.69, 9.17) is 0 Å². The molecule has 1 heterocycles. The van der Waals surface area contributed by atoms with E-state index in [1.165, 1.54) is 0 Å². The lowest BCUT2D eigenvalue weighted by Gasteiger charge is -2.21. The van der Waals surface area contributed by atoms with Gasteiger partial charge in [0.1, 0.15) is 5.82 Å². The van der Waals surface area contributed by atoms with Crippen LogP contribution in [-0.2, 0) is 0 Å². The molecular weight excluding hydrogens is 228 g/mol. The van der Waals surface area contributed by atoms with E-state index >= 15 is 0 Å². The lowest BCUT2D eigenvalue weighted by atomic mass is 9.95. The van der Waals surface area contributed by atoms with Crippen LogP contribution in [0.15, 0.2) is 0 Å². The van der Waals surface area contributed by atoms with Gasteiger partial charge in [0.2, 0.25) is 5.82 Å². The van der Waals surface area contributed by atoms with Crippen LogP contribution < -0.4 is 5.32 Å². The van der Waals surface area contributed by atoms with E-state index in [1.807, 2.05) is 20.8 Å². The summed E-state index contributed by atoms with van der Waals surface area (Å²) in [4.78, 5) is 16.2. The first-order valence-corrected chi connectivity index (χ1v) is 6.72. The molecule has 0 fully saturated rings. The van der Waals surface area contributed by atoms with E-state index in [0.717, 1.165) is 18.7 Å². The third-order valence-electron chi connectivity index (χ3n) is 3.37. The van der Waals surface area contributed by atoms with Gasteiger partial charge in [0.05, 0.1) is 0 Å². The Kier molecular flexibility index (Phi) is 5.31. The van der Waals surface area contributed by atoms with Crippen molar-refractivity contribution in [2.24, 2.45) is 5.92 Å². The molecule has 5 heteroatoms. The molecule has 1 atom stereocenters. The molecule has 0 aliphatic carbocycles. The zero-order valence-electron chi connectivity index (χ0n) is 11.9. The number of hydrogen-bond donors (Lipinski definition) is 2. The van der Waals surface area contributed by atoms with Gasteiger partial charge in [-0.3, -0.25) is 9.89 Å². The minimum Gasteiger partial charge on any atom is -0.347 e. The lowest BCUT2D eigenvalue weighted by Crippen LogP contribution is -2.38. The molecule has 0 aliphatic heterocycles. The van der Waals surface area contributed by atoms with E-state index in [-0.39, 0.29) is 23.7 Å². The Hall–Kier alpha value is -1.39. The second-order valence-electron chi connectivity index (χ2n) is 5.04. The molecule has 0 bridgehead atoms. The van der Waals surface area contributed by atoms with Crippen LogP contribution in [0.1, 0.15) is 69.8 Å². The average molecular weight is 252 g/mol. The molecule has 1 unspecified atom stereocenters. The van der Waals surface area contributed by atoms with Crippen LogP contribution in [0.2, 0.25) is 0 Å². The first-order chi connectivity index (χ1) is 8.49. The number of carbonyl (C=O) groups is 1. The van der Waals surface area contributed by atoms with Gasteiger partial charge in [0.25, 0.3) is 5.91 Å². The number of carbonyl (C=O) groups excluding carboxylic acids is 1. The molecule has 102 valence electrons. The van der Waals surface area contributed by atoms with Crippen LogP contribution >= 0.6 is 0 Å². The van der Waals surface area contributed by atoms with E-state index in [2.05, 4.69) is 34.3 Å². The van der Waals surface area contributed by atoms with Crippen molar-refractivity contribution >= 4 is 5.91 Å². The van der Waals surface area contributed by atoms with Crippen LogP contribution in [0.3, 0.4) is 0 Å². The molecule has 1 aromatic heterocycles. The topological polar surface area (TPSA) is 70.7 Å². The van der Waals surface area contributed by atoms with Crippen molar-refractivity contribution in [3.05, 3.63) is 11.6 Å². The molecule has 0 saturated heterocycles. The van der Waals surface area contributed by atoms with E-state index < -0.39 is 0 Å². The summed E-state index contributed by atoms with van der Waals surface area (Å²) in [6.45, 7) is 10.3. The summed E-state index contributed by atoms with van der Waals surface area (Å²) in [6, 6.07) is 0.147. The first kappa shape index (κ1) is 14.7. The molecule has 2 N–H and O–H groups in total. The molecule has 0 radical (unpaired) electrons. The number of H-pyrrole nitrogens is 1. The second-order valence-corrected chi connectivity index (χ2v) is 5.04. The number of hydrogen-bond acceptors (Lipinski definition) is 3. The second kappa shape index (κ2) is 6.52. The van der Waals surface area contributed by atoms with E-state index in [1.54, 1.807) is 0 Å².